The van der Waals surface area contributed by atoms with E-state index >= 15 is 0 Å². The Morgan fingerprint density at radius 1 is 1.11 bits per heavy atom. The van der Waals surface area contributed by atoms with Gasteiger partial charge in [0.15, 0.2) is 0 Å². The molecule has 0 aliphatic carbocycles. The van der Waals surface area contributed by atoms with Crippen LogP contribution in [-0.4, -0.2) is 21.4 Å². The molecule has 4 rings (SSSR count). The topological polar surface area (TPSA) is 50.1 Å². The van der Waals surface area contributed by atoms with Gasteiger partial charge in [-0.2, -0.15) is 18.3 Å². The fourth-order valence-electron chi connectivity index (χ4n) is 3.25. The first-order valence-corrected chi connectivity index (χ1v) is 8.70. The van der Waals surface area contributed by atoms with Crippen molar-refractivity contribution in [2.45, 2.75) is 19.1 Å². The molecule has 0 saturated heterocycles. The Morgan fingerprint density at radius 2 is 1.85 bits per heavy atom. The first kappa shape index (κ1) is 17.9. The van der Waals surface area contributed by atoms with E-state index in [4.69, 9.17) is 11.6 Å². The number of halogens is 4. The molecule has 0 fully saturated rings. The van der Waals surface area contributed by atoms with Gasteiger partial charge in [-0.1, -0.05) is 11.6 Å². The summed E-state index contributed by atoms with van der Waals surface area (Å²) in [6, 6.07) is 9.79. The van der Waals surface area contributed by atoms with E-state index in [1.165, 1.54) is 10.7 Å². The minimum absolute atomic E-state index is 0.131. The molecule has 0 unspecified atom stereocenters. The van der Waals surface area contributed by atoms with Crippen molar-refractivity contribution in [3.63, 3.8) is 0 Å². The molecule has 0 radical (unpaired) electrons. The SMILES string of the molecule is Oc1ccc(-c2nn(-c3cc(C(F)(F)F)ccc3Cl)c3c2CNCC3)cc1. The number of phenolic OH excluding ortho intramolecular Hbond substituents is 1. The number of rotatable bonds is 2. The third-order valence-electron chi connectivity index (χ3n) is 4.57. The lowest BCUT2D eigenvalue weighted by molar-refractivity contribution is -0.137. The van der Waals surface area contributed by atoms with Gasteiger partial charge < -0.3 is 10.4 Å². The van der Waals surface area contributed by atoms with E-state index < -0.39 is 11.7 Å². The van der Waals surface area contributed by atoms with Crippen molar-refractivity contribution in [2.75, 3.05) is 6.54 Å². The molecule has 4 nitrogen and oxygen atoms in total. The van der Waals surface area contributed by atoms with Crippen molar-refractivity contribution in [1.29, 1.82) is 0 Å². The summed E-state index contributed by atoms with van der Waals surface area (Å²) < 4.78 is 41.0. The highest BCUT2D eigenvalue weighted by Gasteiger charge is 2.32. The van der Waals surface area contributed by atoms with Crippen molar-refractivity contribution < 1.29 is 18.3 Å². The number of benzene rings is 2. The van der Waals surface area contributed by atoms with Gasteiger partial charge in [-0.05, 0) is 42.5 Å². The highest BCUT2D eigenvalue weighted by atomic mass is 35.5. The van der Waals surface area contributed by atoms with E-state index in [0.29, 0.717) is 25.2 Å². The van der Waals surface area contributed by atoms with E-state index in [-0.39, 0.29) is 16.5 Å². The molecule has 27 heavy (non-hydrogen) atoms. The second-order valence-electron chi connectivity index (χ2n) is 6.32. The van der Waals surface area contributed by atoms with Crippen LogP contribution in [0.25, 0.3) is 16.9 Å². The Morgan fingerprint density at radius 3 is 2.56 bits per heavy atom. The fraction of sp³-hybridized carbons (Fsp3) is 0.211. The van der Waals surface area contributed by atoms with Gasteiger partial charge >= 0.3 is 6.18 Å². The average Bonchev–Trinajstić information content (AvgIpc) is 3.01. The predicted molar refractivity (Wildman–Crippen MR) is 96.1 cm³/mol. The Hall–Kier alpha value is -2.51. The van der Waals surface area contributed by atoms with Crippen LogP contribution in [0, 0.1) is 0 Å². The highest BCUT2D eigenvalue weighted by molar-refractivity contribution is 6.32. The molecule has 0 bridgehead atoms. The van der Waals surface area contributed by atoms with Crippen molar-refractivity contribution in [1.82, 2.24) is 15.1 Å². The Balaban J connectivity index is 1.91. The Kier molecular flexibility index (Phi) is 4.36. The molecule has 0 spiro atoms. The minimum atomic E-state index is -4.46. The second-order valence-corrected chi connectivity index (χ2v) is 6.73. The number of nitrogens with one attached hydrogen (secondary N) is 1. The molecule has 1 aliphatic rings. The normalized spacial score (nSPS) is 14.2. The summed E-state index contributed by atoms with van der Waals surface area (Å²) in [5, 5.41) is 17.6. The Labute approximate surface area is 158 Å². The molecule has 2 N–H and O–H groups in total. The number of phenols is 1. The zero-order valence-corrected chi connectivity index (χ0v) is 14.8. The number of hydrogen-bond donors (Lipinski definition) is 2. The van der Waals surface area contributed by atoms with Gasteiger partial charge in [0, 0.05) is 30.6 Å². The van der Waals surface area contributed by atoms with Crippen molar-refractivity contribution >= 4 is 11.6 Å². The van der Waals surface area contributed by atoms with Crippen molar-refractivity contribution in [2.24, 2.45) is 0 Å². The predicted octanol–water partition coefficient (Wildman–Crippen LogP) is 4.56. The van der Waals surface area contributed by atoms with Gasteiger partial charge in [0.05, 0.1) is 27.7 Å². The summed E-state index contributed by atoms with van der Waals surface area (Å²) in [7, 11) is 0. The van der Waals surface area contributed by atoms with Crippen LogP contribution < -0.4 is 5.32 Å². The van der Waals surface area contributed by atoms with Crippen molar-refractivity contribution in [3.8, 4) is 22.7 Å². The van der Waals surface area contributed by atoms with Crippen LogP contribution in [0.4, 0.5) is 13.2 Å². The van der Waals surface area contributed by atoms with Crippen LogP contribution in [0.5, 0.6) is 5.75 Å². The summed E-state index contributed by atoms with van der Waals surface area (Å²) in [4.78, 5) is 0. The average molecular weight is 394 g/mol. The first-order valence-electron chi connectivity index (χ1n) is 8.32. The maximum Gasteiger partial charge on any atom is 0.416 e. The summed E-state index contributed by atoms with van der Waals surface area (Å²) in [6.45, 7) is 1.26. The molecule has 2 heterocycles. The largest absolute Gasteiger partial charge is 0.508 e. The smallest absolute Gasteiger partial charge is 0.416 e. The van der Waals surface area contributed by atoms with Crippen LogP contribution in [0.15, 0.2) is 42.5 Å². The number of alkyl halides is 3. The second kappa shape index (κ2) is 6.58. The van der Waals surface area contributed by atoms with E-state index in [1.807, 2.05) is 0 Å². The van der Waals surface area contributed by atoms with Gasteiger partial charge in [-0.15, -0.1) is 0 Å². The third kappa shape index (κ3) is 3.28. The molecule has 0 atom stereocenters. The number of nitrogens with zero attached hydrogens (tertiary/aromatic N) is 2. The van der Waals surface area contributed by atoms with Crippen LogP contribution in [0.3, 0.4) is 0 Å². The molecule has 3 aromatic rings. The first-order chi connectivity index (χ1) is 12.8. The quantitative estimate of drug-likeness (QED) is 0.671. The lowest BCUT2D eigenvalue weighted by atomic mass is 10.0. The monoisotopic (exact) mass is 393 g/mol. The highest BCUT2D eigenvalue weighted by Crippen LogP contribution is 2.36. The van der Waals surface area contributed by atoms with Gasteiger partial charge in [0.1, 0.15) is 5.75 Å². The summed E-state index contributed by atoms with van der Waals surface area (Å²) in [5.41, 5.74) is 2.61. The Bertz CT molecular complexity index is 997. The summed E-state index contributed by atoms with van der Waals surface area (Å²) in [5.74, 6) is 0.131. The van der Waals surface area contributed by atoms with Gasteiger partial charge in [-0.3, -0.25) is 0 Å². The zero-order chi connectivity index (χ0) is 19.2. The summed E-state index contributed by atoms with van der Waals surface area (Å²) >= 11 is 6.22. The molecule has 140 valence electrons. The molecule has 1 aromatic heterocycles. The number of aromatic hydroxyl groups is 1. The third-order valence-corrected chi connectivity index (χ3v) is 4.89. The molecule has 1 aliphatic heterocycles. The van der Waals surface area contributed by atoms with E-state index in [9.17, 15) is 18.3 Å². The molecular weight excluding hydrogens is 379 g/mol. The summed E-state index contributed by atoms with van der Waals surface area (Å²) in [6.07, 6.45) is -3.85. The standard InChI is InChI=1S/C19H15ClF3N3O/c20-15-6-3-12(19(21,22)23)9-17(15)26-16-7-8-24-10-14(16)18(25-26)11-1-4-13(27)5-2-11/h1-6,9,24,27H,7-8,10H2. The van der Waals surface area contributed by atoms with E-state index in [0.717, 1.165) is 29.0 Å². The lowest BCUT2D eigenvalue weighted by Gasteiger charge is -2.17. The van der Waals surface area contributed by atoms with Crippen LogP contribution in [0.2, 0.25) is 5.02 Å². The maximum atomic E-state index is 13.2. The molecule has 2 aromatic carbocycles. The molecule has 0 amide bonds. The van der Waals surface area contributed by atoms with E-state index in [2.05, 4.69) is 10.4 Å². The number of fused-ring (bicyclic) bond motifs is 1. The molecular formula is C19H15ClF3N3O. The fourth-order valence-corrected chi connectivity index (χ4v) is 3.45. The van der Waals surface area contributed by atoms with Crippen LogP contribution >= 0.6 is 11.6 Å². The molecule has 0 saturated carbocycles. The van der Waals surface area contributed by atoms with Gasteiger partial charge in [0.2, 0.25) is 0 Å². The van der Waals surface area contributed by atoms with Gasteiger partial charge in [0.25, 0.3) is 0 Å². The van der Waals surface area contributed by atoms with Crippen LogP contribution in [-0.2, 0) is 19.1 Å². The zero-order valence-electron chi connectivity index (χ0n) is 14.0. The van der Waals surface area contributed by atoms with Gasteiger partial charge in [-0.25, -0.2) is 4.68 Å². The van der Waals surface area contributed by atoms with Crippen LogP contribution in [0.1, 0.15) is 16.8 Å². The van der Waals surface area contributed by atoms with E-state index in [1.54, 1.807) is 24.3 Å². The molecule has 8 heteroatoms. The number of aromatic nitrogens is 2. The van der Waals surface area contributed by atoms with Crippen molar-refractivity contribution in [3.05, 3.63) is 64.3 Å². The maximum absolute atomic E-state index is 13.2. The lowest BCUT2D eigenvalue weighted by Crippen LogP contribution is -2.24. The minimum Gasteiger partial charge on any atom is -0.508 e. The number of hydrogen-bond acceptors (Lipinski definition) is 3.